The molecule has 0 fully saturated rings. The number of nitrogens with zero attached hydrogens (tertiary/aromatic N) is 5. The second kappa shape index (κ2) is 9.68. The van der Waals surface area contributed by atoms with Crippen molar-refractivity contribution in [3.63, 3.8) is 0 Å². The van der Waals surface area contributed by atoms with Crippen LogP contribution in [-0.2, 0) is 0 Å². The lowest BCUT2D eigenvalue weighted by Crippen LogP contribution is -1.99. The highest BCUT2D eigenvalue weighted by molar-refractivity contribution is 6.06. The van der Waals surface area contributed by atoms with Gasteiger partial charge >= 0.3 is 0 Å². The highest BCUT2D eigenvalue weighted by Gasteiger charge is 2.24. The minimum atomic E-state index is 1.01. The minimum Gasteiger partial charge on any atom is -0.264 e. The fraction of sp³-hybridized carbons (Fsp3) is 0. The van der Waals surface area contributed by atoms with Gasteiger partial charge < -0.3 is 0 Å². The molecule has 36 heavy (non-hydrogen) atoms. The van der Waals surface area contributed by atoms with Gasteiger partial charge in [0.25, 0.3) is 0 Å². The maximum atomic E-state index is 4.48. The van der Waals surface area contributed by atoms with E-state index >= 15 is 0 Å². The Morgan fingerprint density at radius 1 is 0.333 bits per heavy atom. The summed E-state index contributed by atoms with van der Waals surface area (Å²) >= 11 is 0. The maximum Gasteiger partial charge on any atom is 0.0346 e. The zero-order valence-electron chi connectivity index (χ0n) is 19.4. The van der Waals surface area contributed by atoms with Crippen LogP contribution >= 0.6 is 0 Å². The van der Waals surface area contributed by atoms with Crippen LogP contribution in [0.5, 0.6) is 0 Å². The van der Waals surface area contributed by atoms with Crippen LogP contribution in [0.1, 0.15) is 0 Å². The van der Waals surface area contributed by atoms with E-state index in [1.54, 1.807) is 31.0 Å². The largest absolute Gasteiger partial charge is 0.264 e. The first-order valence-corrected chi connectivity index (χ1v) is 11.6. The van der Waals surface area contributed by atoms with E-state index in [2.05, 4.69) is 61.3 Å². The lowest BCUT2D eigenvalue weighted by atomic mass is 9.80. The van der Waals surface area contributed by atoms with Crippen molar-refractivity contribution in [3.8, 4) is 55.6 Å². The molecule has 0 amide bonds. The summed E-state index contributed by atoms with van der Waals surface area (Å²) in [5, 5.41) is 0. The molecule has 0 aliphatic heterocycles. The fourth-order valence-corrected chi connectivity index (χ4v) is 4.60. The smallest absolute Gasteiger partial charge is 0.0346 e. The van der Waals surface area contributed by atoms with Crippen molar-refractivity contribution >= 4 is 0 Å². The lowest BCUT2D eigenvalue weighted by Gasteiger charge is -2.23. The van der Waals surface area contributed by atoms with Crippen LogP contribution in [0.15, 0.2) is 129 Å². The van der Waals surface area contributed by atoms with Gasteiger partial charge in [-0.25, -0.2) is 0 Å². The zero-order chi connectivity index (χ0) is 24.2. The monoisotopic (exact) mass is 463 g/mol. The van der Waals surface area contributed by atoms with Crippen LogP contribution in [-0.4, -0.2) is 24.9 Å². The van der Waals surface area contributed by atoms with E-state index in [0.717, 1.165) is 55.6 Å². The Morgan fingerprint density at radius 3 is 0.944 bits per heavy atom. The van der Waals surface area contributed by atoms with Gasteiger partial charge in [0.05, 0.1) is 0 Å². The summed E-state index contributed by atoms with van der Waals surface area (Å²) in [4.78, 5) is 22.3. The van der Waals surface area contributed by atoms with Crippen LogP contribution in [0.4, 0.5) is 0 Å². The van der Waals surface area contributed by atoms with Gasteiger partial charge in [-0.1, -0.05) is 30.3 Å². The van der Waals surface area contributed by atoms with Gasteiger partial charge in [0, 0.05) is 95.3 Å². The van der Waals surface area contributed by atoms with Gasteiger partial charge in [-0.2, -0.15) is 0 Å². The van der Waals surface area contributed by atoms with E-state index in [0.29, 0.717) is 0 Å². The Hall–Kier alpha value is -5.03. The summed E-state index contributed by atoms with van der Waals surface area (Å²) in [6, 6.07) is 22.5. The molecule has 5 aromatic heterocycles. The second-order valence-corrected chi connectivity index (χ2v) is 8.31. The predicted molar refractivity (Wildman–Crippen MR) is 143 cm³/mol. The van der Waals surface area contributed by atoms with E-state index in [1.165, 1.54) is 0 Å². The molecule has 170 valence electrons. The number of hydrogen-bond donors (Lipinski definition) is 0. The van der Waals surface area contributed by atoms with E-state index in [1.807, 2.05) is 61.3 Å². The summed E-state index contributed by atoms with van der Waals surface area (Å²) < 4.78 is 0. The third-order valence-corrected chi connectivity index (χ3v) is 6.12. The van der Waals surface area contributed by atoms with E-state index in [4.69, 9.17) is 0 Å². The molecule has 5 nitrogen and oxygen atoms in total. The van der Waals surface area contributed by atoms with Gasteiger partial charge in [-0.3, -0.25) is 24.9 Å². The molecule has 1 aromatic carbocycles. The maximum absolute atomic E-state index is 4.48. The molecule has 6 aromatic rings. The Morgan fingerprint density at radius 2 is 0.639 bits per heavy atom. The third-order valence-electron chi connectivity index (χ3n) is 6.12. The summed E-state index contributed by atoms with van der Waals surface area (Å²) in [7, 11) is 0. The Kier molecular flexibility index (Phi) is 5.78. The first-order valence-electron chi connectivity index (χ1n) is 11.6. The standard InChI is InChI=1S/C31H21N5/c1-6-22(17-32-11-1)27-16-28(23-7-2-12-33-18-23)30(25-9-4-14-35-20-25)31(26-10-5-15-36-21-26)29(27)24-8-3-13-34-19-24/h1-21H. The van der Waals surface area contributed by atoms with Gasteiger partial charge in [0.15, 0.2) is 0 Å². The van der Waals surface area contributed by atoms with Crippen LogP contribution in [0.25, 0.3) is 55.6 Å². The van der Waals surface area contributed by atoms with Crippen molar-refractivity contribution < 1.29 is 0 Å². The molecule has 0 radical (unpaired) electrons. The molecule has 0 spiro atoms. The molecular formula is C31H21N5. The quantitative estimate of drug-likeness (QED) is 0.275. The molecule has 0 atom stereocenters. The molecule has 5 heterocycles. The average molecular weight is 464 g/mol. The third kappa shape index (κ3) is 4.03. The Labute approximate surface area is 209 Å². The van der Waals surface area contributed by atoms with Crippen LogP contribution in [0.3, 0.4) is 0 Å². The second-order valence-electron chi connectivity index (χ2n) is 8.31. The Bertz CT molecular complexity index is 1490. The van der Waals surface area contributed by atoms with Crippen LogP contribution < -0.4 is 0 Å². The summed E-state index contributed by atoms with van der Waals surface area (Å²) in [6.45, 7) is 0. The van der Waals surface area contributed by atoms with E-state index in [-0.39, 0.29) is 0 Å². The van der Waals surface area contributed by atoms with Gasteiger partial charge in [0.1, 0.15) is 0 Å². The van der Waals surface area contributed by atoms with Crippen molar-refractivity contribution in [2.75, 3.05) is 0 Å². The molecule has 0 aliphatic carbocycles. The Balaban J connectivity index is 1.84. The highest BCUT2D eigenvalue weighted by Crippen LogP contribution is 2.49. The number of rotatable bonds is 5. The SMILES string of the molecule is c1cncc(-c2cc(-c3cccnc3)c(-c3cccnc3)c(-c3cccnc3)c2-c2cccnc2)c1. The first-order chi connectivity index (χ1) is 17.9. The fourth-order valence-electron chi connectivity index (χ4n) is 4.60. The molecule has 5 heteroatoms. The van der Waals surface area contributed by atoms with Crippen molar-refractivity contribution in [3.05, 3.63) is 129 Å². The van der Waals surface area contributed by atoms with Crippen molar-refractivity contribution in [2.24, 2.45) is 0 Å². The summed E-state index contributed by atoms with van der Waals surface area (Å²) in [6.07, 6.45) is 18.5. The average Bonchev–Trinajstić information content (AvgIpc) is 2.98. The molecule has 0 saturated heterocycles. The van der Waals surface area contributed by atoms with Gasteiger partial charge in [-0.15, -0.1) is 0 Å². The van der Waals surface area contributed by atoms with Crippen molar-refractivity contribution in [2.45, 2.75) is 0 Å². The molecule has 0 unspecified atom stereocenters. The molecule has 0 bridgehead atoms. The van der Waals surface area contributed by atoms with Crippen molar-refractivity contribution in [1.29, 1.82) is 0 Å². The number of benzene rings is 1. The van der Waals surface area contributed by atoms with Gasteiger partial charge in [0.2, 0.25) is 0 Å². The first kappa shape index (κ1) is 21.5. The number of pyridine rings is 5. The zero-order valence-corrected chi connectivity index (χ0v) is 19.4. The van der Waals surface area contributed by atoms with Crippen molar-refractivity contribution in [1.82, 2.24) is 24.9 Å². The molecular weight excluding hydrogens is 442 g/mol. The molecule has 6 rings (SSSR count). The summed E-state index contributed by atoms with van der Waals surface area (Å²) in [5.41, 5.74) is 10.4. The lowest BCUT2D eigenvalue weighted by molar-refractivity contribution is 1.30. The normalized spacial score (nSPS) is 10.8. The highest BCUT2D eigenvalue weighted by atomic mass is 14.6. The predicted octanol–water partition coefficient (Wildman–Crippen LogP) is 7.00. The molecule has 0 N–H and O–H groups in total. The minimum absolute atomic E-state index is 1.01. The van der Waals surface area contributed by atoms with Crippen LogP contribution in [0.2, 0.25) is 0 Å². The number of aromatic nitrogens is 5. The molecule has 0 saturated carbocycles. The number of hydrogen-bond acceptors (Lipinski definition) is 5. The molecule has 0 aliphatic rings. The van der Waals surface area contributed by atoms with Gasteiger partial charge in [-0.05, 0) is 58.7 Å². The summed E-state index contributed by atoms with van der Waals surface area (Å²) in [5.74, 6) is 0. The van der Waals surface area contributed by atoms with E-state index in [9.17, 15) is 0 Å². The van der Waals surface area contributed by atoms with E-state index < -0.39 is 0 Å². The topological polar surface area (TPSA) is 64.5 Å². The van der Waals surface area contributed by atoms with Crippen LogP contribution in [0, 0.1) is 0 Å².